The largest absolute Gasteiger partial charge is 0.462 e. The number of hydrogen-bond acceptors (Lipinski definition) is 6. The average molecular weight is 681 g/mol. The fraction of sp³-hybridized carbons (Fsp3) is 0.929. The van der Waals surface area contributed by atoms with Crippen molar-refractivity contribution >= 4 is 17.9 Å². The van der Waals surface area contributed by atoms with E-state index in [1.807, 2.05) is 0 Å². The summed E-state index contributed by atoms with van der Waals surface area (Å²) in [6.07, 6.45) is 36.8. The molecule has 6 heteroatoms. The highest BCUT2D eigenvalue weighted by Gasteiger charge is 2.19. The van der Waals surface area contributed by atoms with Crippen LogP contribution in [0.1, 0.15) is 233 Å². The van der Waals surface area contributed by atoms with Crippen molar-refractivity contribution in [2.24, 2.45) is 0 Å². The first-order valence-electron chi connectivity index (χ1n) is 21.0. The van der Waals surface area contributed by atoms with Crippen molar-refractivity contribution in [1.29, 1.82) is 0 Å². The highest BCUT2D eigenvalue weighted by Crippen LogP contribution is 2.15. The van der Waals surface area contributed by atoms with Gasteiger partial charge in [0.05, 0.1) is 0 Å². The third-order valence-electron chi connectivity index (χ3n) is 9.36. The van der Waals surface area contributed by atoms with Gasteiger partial charge < -0.3 is 14.2 Å². The third kappa shape index (κ3) is 35.7. The molecule has 0 rings (SSSR count). The van der Waals surface area contributed by atoms with Crippen LogP contribution in [0.15, 0.2) is 0 Å². The zero-order valence-electron chi connectivity index (χ0n) is 32.3. The lowest BCUT2D eigenvalue weighted by Crippen LogP contribution is -2.30. The summed E-state index contributed by atoms with van der Waals surface area (Å²) < 4.78 is 16.5. The van der Waals surface area contributed by atoms with Crippen molar-refractivity contribution in [2.75, 3.05) is 13.2 Å². The van der Waals surface area contributed by atoms with E-state index in [1.54, 1.807) is 0 Å². The summed E-state index contributed by atoms with van der Waals surface area (Å²) in [6, 6.07) is 0. The van der Waals surface area contributed by atoms with Crippen LogP contribution in [-0.2, 0) is 28.6 Å². The lowest BCUT2D eigenvalue weighted by Gasteiger charge is -2.18. The van der Waals surface area contributed by atoms with Crippen molar-refractivity contribution in [1.82, 2.24) is 0 Å². The fourth-order valence-electron chi connectivity index (χ4n) is 6.15. The van der Waals surface area contributed by atoms with Gasteiger partial charge in [0.25, 0.3) is 0 Å². The molecule has 0 fully saturated rings. The highest BCUT2D eigenvalue weighted by atomic mass is 16.6. The zero-order chi connectivity index (χ0) is 35.2. The molecule has 0 radical (unpaired) electrons. The van der Waals surface area contributed by atoms with E-state index in [9.17, 15) is 14.4 Å². The second-order valence-corrected chi connectivity index (χ2v) is 14.3. The van der Waals surface area contributed by atoms with E-state index in [0.29, 0.717) is 19.3 Å². The second kappa shape index (κ2) is 38.2. The molecular formula is C42H80O6. The molecule has 0 aromatic carbocycles. The number of unbranched alkanes of at least 4 members (excludes halogenated alkanes) is 27. The third-order valence-corrected chi connectivity index (χ3v) is 9.36. The second-order valence-electron chi connectivity index (χ2n) is 14.3. The maximum Gasteiger partial charge on any atom is 0.306 e. The highest BCUT2D eigenvalue weighted by molar-refractivity contribution is 5.71. The van der Waals surface area contributed by atoms with E-state index in [4.69, 9.17) is 14.2 Å². The van der Waals surface area contributed by atoms with E-state index in [2.05, 4.69) is 20.8 Å². The lowest BCUT2D eigenvalue weighted by atomic mass is 10.0. The van der Waals surface area contributed by atoms with E-state index < -0.39 is 6.10 Å². The van der Waals surface area contributed by atoms with Crippen molar-refractivity contribution in [2.45, 2.75) is 239 Å². The molecule has 0 unspecified atom stereocenters. The van der Waals surface area contributed by atoms with Gasteiger partial charge in [-0.15, -0.1) is 0 Å². The number of hydrogen-bond donors (Lipinski definition) is 0. The minimum absolute atomic E-state index is 0.0645. The first-order chi connectivity index (χ1) is 23.5. The number of carbonyl (C=O) groups excluding carboxylic acids is 3. The molecule has 284 valence electrons. The Kier molecular flexibility index (Phi) is 36.9. The van der Waals surface area contributed by atoms with Crippen molar-refractivity contribution in [3.63, 3.8) is 0 Å². The normalized spacial score (nSPS) is 11.8. The molecule has 0 heterocycles. The molecule has 0 saturated carbocycles. The molecule has 0 aromatic rings. The summed E-state index contributed by atoms with van der Waals surface area (Å²) in [5, 5.41) is 0. The maximum atomic E-state index is 12.6. The Morgan fingerprint density at radius 3 is 0.833 bits per heavy atom. The molecule has 0 aliphatic carbocycles. The molecule has 1 atom stereocenters. The Labute approximate surface area is 298 Å². The number of ether oxygens (including phenoxy) is 3. The fourth-order valence-corrected chi connectivity index (χ4v) is 6.15. The van der Waals surface area contributed by atoms with E-state index >= 15 is 0 Å². The van der Waals surface area contributed by atoms with Gasteiger partial charge in [0.15, 0.2) is 6.10 Å². The van der Waals surface area contributed by atoms with E-state index in [1.165, 1.54) is 128 Å². The summed E-state index contributed by atoms with van der Waals surface area (Å²) in [6.45, 7) is 6.55. The van der Waals surface area contributed by atoms with Gasteiger partial charge >= 0.3 is 17.9 Å². The van der Waals surface area contributed by atoms with E-state index in [-0.39, 0.29) is 31.1 Å². The van der Waals surface area contributed by atoms with Gasteiger partial charge in [-0.05, 0) is 19.3 Å². The van der Waals surface area contributed by atoms with Crippen molar-refractivity contribution in [3.8, 4) is 0 Å². The zero-order valence-corrected chi connectivity index (χ0v) is 32.3. The van der Waals surface area contributed by atoms with Crippen LogP contribution in [0.2, 0.25) is 0 Å². The van der Waals surface area contributed by atoms with Crippen molar-refractivity contribution in [3.05, 3.63) is 0 Å². The molecule has 0 saturated heterocycles. The molecule has 6 nitrogen and oxygen atoms in total. The molecule has 0 amide bonds. The van der Waals surface area contributed by atoms with Gasteiger partial charge in [-0.1, -0.05) is 194 Å². The van der Waals surface area contributed by atoms with Crippen LogP contribution in [0.5, 0.6) is 0 Å². The molecule has 48 heavy (non-hydrogen) atoms. The summed E-state index contributed by atoms with van der Waals surface area (Å²) in [4.78, 5) is 37.3. The van der Waals surface area contributed by atoms with Crippen LogP contribution >= 0.6 is 0 Å². The molecule has 0 N–H and O–H groups in total. The van der Waals surface area contributed by atoms with Crippen LogP contribution in [-0.4, -0.2) is 37.2 Å². The van der Waals surface area contributed by atoms with Gasteiger partial charge in [-0.25, -0.2) is 0 Å². The summed E-state index contributed by atoms with van der Waals surface area (Å²) in [7, 11) is 0. The smallest absolute Gasteiger partial charge is 0.306 e. The molecule has 0 aromatic heterocycles. The minimum Gasteiger partial charge on any atom is -0.462 e. The van der Waals surface area contributed by atoms with Crippen LogP contribution in [0.3, 0.4) is 0 Å². The predicted molar refractivity (Wildman–Crippen MR) is 201 cm³/mol. The van der Waals surface area contributed by atoms with Gasteiger partial charge in [0.1, 0.15) is 13.2 Å². The molecular weight excluding hydrogens is 600 g/mol. The first kappa shape index (κ1) is 46.4. The average Bonchev–Trinajstić information content (AvgIpc) is 3.08. The SMILES string of the molecule is CCCCCCCCCCCCCCCCCC(=O)O[C@H](COC(=O)CCCCCCC)COC(=O)CCCCCCCCCCCC. The van der Waals surface area contributed by atoms with Crippen LogP contribution in [0.25, 0.3) is 0 Å². The number of rotatable bonds is 38. The van der Waals surface area contributed by atoms with Gasteiger partial charge in [0.2, 0.25) is 0 Å². The van der Waals surface area contributed by atoms with Gasteiger partial charge in [-0.2, -0.15) is 0 Å². The predicted octanol–water partition coefficient (Wildman–Crippen LogP) is 12.9. The molecule has 0 bridgehead atoms. The number of esters is 3. The monoisotopic (exact) mass is 681 g/mol. The Hall–Kier alpha value is -1.59. The first-order valence-corrected chi connectivity index (χ1v) is 21.0. The quantitative estimate of drug-likeness (QED) is 0.0367. The van der Waals surface area contributed by atoms with E-state index in [0.717, 1.165) is 64.2 Å². The Bertz CT molecular complexity index is 708. The van der Waals surface area contributed by atoms with Crippen LogP contribution in [0.4, 0.5) is 0 Å². The Balaban J connectivity index is 4.20. The maximum absolute atomic E-state index is 12.6. The Morgan fingerprint density at radius 1 is 0.333 bits per heavy atom. The molecule has 0 spiro atoms. The minimum atomic E-state index is -0.755. The lowest BCUT2D eigenvalue weighted by molar-refractivity contribution is -0.167. The topological polar surface area (TPSA) is 78.9 Å². The summed E-state index contributed by atoms with van der Waals surface area (Å²) in [5.74, 6) is -0.872. The van der Waals surface area contributed by atoms with Gasteiger partial charge in [-0.3, -0.25) is 14.4 Å². The van der Waals surface area contributed by atoms with Crippen molar-refractivity contribution < 1.29 is 28.6 Å². The molecule has 0 aliphatic heterocycles. The number of carbonyl (C=O) groups is 3. The van der Waals surface area contributed by atoms with Gasteiger partial charge in [0, 0.05) is 19.3 Å². The standard InChI is InChI=1S/C42H80O6/c1-4-7-10-13-15-17-19-20-21-22-23-25-27-30-33-36-42(45)48-39(37-46-40(43)34-31-28-12-9-6-3)38-47-41(44)35-32-29-26-24-18-16-14-11-8-5-2/h39H,4-38H2,1-3H3/t39-/m1/s1. The summed E-state index contributed by atoms with van der Waals surface area (Å²) >= 11 is 0. The molecule has 0 aliphatic rings. The van der Waals surface area contributed by atoms with Crippen LogP contribution in [0, 0.1) is 0 Å². The summed E-state index contributed by atoms with van der Waals surface area (Å²) in [5.41, 5.74) is 0. The van der Waals surface area contributed by atoms with Crippen LogP contribution < -0.4 is 0 Å². The Morgan fingerprint density at radius 2 is 0.562 bits per heavy atom.